The molecule has 2 amide bonds. The lowest BCUT2D eigenvalue weighted by Crippen LogP contribution is -2.50. The maximum atomic E-state index is 11.3. The molecule has 0 aromatic rings. The van der Waals surface area contributed by atoms with Gasteiger partial charge in [0.2, 0.25) is 11.8 Å². The number of hydrogen-bond acceptors (Lipinski definition) is 2. The first-order valence-electron chi connectivity index (χ1n) is 4.69. The van der Waals surface area contributed by atoms with Crippen LogP contribution in [0.25, 0.3) is 0 Å². The third-order valence-electron chi connectivity index (χ3n) is 3.24. The quantitative estimate of drug-likeness (QED) is 0.614. The average molecular weight is 182 g/mol. The molecule has 1 heterocycles. The van der Waals surface area contributed by atoms with Crippen LogP contribution in [0.5, 0.6) is 0 Å². The van der Waals surface area contributed by atoms with Gasteiger partial charge in [-0.15, -0.1) is 0 Å². The van der Waals surface area contributed by atoms with E-state index in [4.69, 9.17) is 5.73 Å². The van der Waals surface area contributed by atoms with Gasteiger partial charge in [-0.25, -0.2) is 0 Å². The molecule has 3 unspecified atom stereocenters. The number of nitrogens with zero attached hydrogens (tertiary/aromatic N) is 1. The predicted octanol–water partition coefficient (Wildman–Crippen LogP) is -0.129. The fraction of sp³-hybridized carbons (Fsp3) is 0.778. The van der Waals surface area contributed by atoms with Crippen molar-refractivity contribution in [3.05, 3.63) is 0 Å². The molecule has 0 radical (unpaired) electrons. The third kappa shape index (κ3) is 1.12. The number of nitrogens with two attached hydrogens (primary N) is 1. The van der Waals surface area contributed by atoms with Gasteiger partial charge in [-0.05, 0) is 25.2 Å². The fourth-order valence-electron chi connectivity index (χ4n) is 2.81. The van der Waals surface area contributed by atoms with Crippen LogP contribution in [0.4, 0.5) is 0 Å². The summed E-state index contributed by atoms with van der Waals surface area (Å²) in [5, 5.41) is 0. The fourth-order valence-corrected chi connectivity index (χ4v) is 2.81. The van der Waals surface area contributed by atoms with Crippen molar-refractivity contribution in [3.63, 3.8) is 0 Å². The molecule has 2 rings (SSSR count). The van der Waals surface area contributed by atoms with Crippen molar-refractivity contribution in [3.8, 4) is 0 Å². The lowest BCUT2D eigenvalue weighted by molar-refractivity contribution is -0.139. The number of carbonyl (C=O) groups is 2. The van der Waals surface area contributed by atoms with Crippen molar-refractivity contribution in [2.75, 3.05) is 0 Å². The SMILES string of the molecule is CC(=O)N1C2CCC(C2)C1C(N)=O. The van der Waals surface area contributed by atoms with Gasteiger partial charge in [0.1, 0.15) is 6.04 Å². The van der Waals surface area contributed by atoms with Crippen LogP contribution >= 0.6 is 0 Å². The van der Waals surface area contributed by atoms with Crippen molar-refractivity contribution in [2.45, 2.75) is 38.3 Å². The van der Waals surface area contributed by atoms with Gasteiger partial charge < -0.3 is 10.6 Å². The molecule has 3 atom stereocenters. The van der Waals surface area contributed by atoms with Crippen LogP contribution in [0, 0.1) is 5.92 Å². The summed E-state index contributed by atoms with van der Waals surface area (Å²) in [6.07, 6.45) is 3.04. The molecule has 0 aromatic heterocycles. The molecule has 1 saturated heterocycles. The normalized spacial score (nSPS) is 36.7. The van der Waals surface area contributed by atoms with E-state index in [9.17, 15) is 9.59 Å². The number of hydrogen-bond donors (Lipinski definition) is 1. The molecule has 4 nitrogen and oxygen atoms in total. The van der Waals surface area contributed by atoms with Crippen molar-refractivity contribution < 1.29 is 9.59 Å². The monoisotopic (exact) mass is 182 g/mol. The van der Waals surface area contributed by atoms with Crippen molar-refractivity contribution >= 4 is 11.8 Å². The van der Waals surface area contributed by atoms with Crippen molar-refractivity contribution in [1.29, 1.82) is 0 Å². The Bertz CT molecular complexity index is 238. The van der Waals surface area contributed by atoms with E-state index in [-0.39, 0.29) is 23.9 Å². The third-order valence-corrected chi connectivity index (χ3v) is 3.24. The van der Waals surface area contributed by atoms with Crippen LogP contribution < -0.4 is 5.73 Å². The Morgan fingerprint density at radius 3 is 2.54 bits per heavy atom. The molecule has 1 aliphatic heterocycles. The summed E-state index contributed by atoms with van der Waals surface area (Å²) in [6.45, 7) is 1.51. The lowest BCUT2D eigenvalue weighted by atomic mass is 9.98. The van der Waals surface area contributed by atoms with Gasteiger partial charge in [-0.2, -0.15) is 0 Å². The summed E-state index contributed by atoms with van der Waals surface area (Å²) in [5.41, 5.74) is 5.28. The number of carbonyl (C=O) groups excluding carboxylic acids is 2. The second-order valence-corrected chi connectivity index (χ2v) is 4.00. The molecule has 72 valence electrons. The molecule has 1 saturated carbocycles. The molecule has 13 heavy (non-hydrogen) atoms. The number of piperidine rings is 1. The van der Waals surface area contributed by atoms with Crippen LogP contribution in [0.3, 0.4) is 0 Å². The van der Waals surface area contributed by atoms with E-state index in [1.54, 1.807) is 4.90 Å². The van der Waals surface area contributed by atoms with E-state index in [1.165, 1.54) is 6.92 Å². The summed E-state index contributed by atoms with van der Waals surface area (Å²) in [6, 6.07) is -0.0451. The average Bonchev–Trinajstić information content (AvgIpc) is 2.60. The molecule has 2 N–H and O–H groups in total. The summed E-state index contributed by atoms with van der Waals surface area (Å²) in [5.74, 6) is -0.0372. The van der Waals surface area contributed by atoms with E-state index >= 15 is 0 Å². The zero-order chi connectivity index (χ0) is 9.59. The maximum absolute atomic E-state index is 11.3. The summed E-state index contributed by atoms with van der Waals surface area (Å²) >= 11 is 0. The van der Waals surface area contributed by atoms with Crippen LogP contribution in [0.1, 0.15) is 26.2 Å². The summed E-state index contributed by atoms with van der Waals surface area (Å²) < 4.78 is 0. The highest BCUT2D eigenvalue weighted by atomic mass is 16.2. The van der Waals surface area contributed by atoms with Gasteiger partial charge in [-0.3, -0.25) is 9.59 Å². The van der Waals surface area contributed by atoms with Gasteiger partial charge in [0, 0.05) is 13.0 Å². The zero-order valence-electron chi connectivity index (χ0n) is 7.69. The number of likely N-dealkylation sites (tertiary alicyclic amines) is 1. The smallest absolute Gasteiger partial charge is 0.240 e. The minimum absolute atomic E-state index is 0.0176. The zero-order valence-corrected chi connectivity index (χ0v) is 7.69. The Morgan fingerprint density at radius 1 is 1.38 bits per heavy atom. The number of fused-ring (bicyclic) bond motifs is 2. The Hall–Kier alpha value is -1.06. The Balaban J connectivity index is 2.24. The Kier molecular flexibility index (Phi) is 1.78. The molecular formula is C9H14N2O2. The van der Waals surface area contributed by atoms with E-state index in [2.05, 4.69) is 0 Å². The van der Waals surface area contributed by atoms with Crippen LogP contribution in [-0.4, -0.2) is 28.8 Å². The summed E-state index contributed by atoms with van der Waals surface area (Å²) in [7, 11) is 0. The minimum Gasteiger partial charge on any atom is -0.368 e. The number of rotatable bonds is 1. The molecule has 4 heteroatoms. The molecular weight excluding hydrogens is 168 g/mol. The standard InChI is InChI=1S/C9H14N2O2/c1-5(12)11-7-3-2-6(4-7)8(11)9(10)13/h6-8H,2-4H2,1H3,(H2,10,13). The minimum atomic E-state index is -0.345. The Labute approximate surface area is 77.1 Å². The molecule has 1 aliphatic carbocycles. The second kappa shape index (κ2) is 2.72. The predicted molar refractivity (Wildman–Crippen MR) is 46.6 cm³/mol. The van der Waals surface area contributed by atoms with Gasteiger partial charge in [0.05, 0.1) is 0 Å². The van der Waals surface area contributed by atoms with E-state index < -0.39 is 0 Å². The molecule has 2 bridgehead atoms. The van der Waals surface area contributed by atoms with E-state index in [1.807, 2.05) is 0 Å². The van der Waals surface area contributed by atoms with Gasteiger partial charge >= 0.3 is 0 Å². The highest BCUT2D eigenvalue weighted by Crippen LogP contribution is 2.42. The van der Waals surface area contributed by atoms with Crippen LogP contribution in [0.15, 0.2) is 0 Å². The first-order valence-corrected chi connectivity index (χ1v) is 4.69. The highest BCUT2D eigenvalue weighted by Gasteiger charge is 2.49. The highest BCUT2D eigenvalue weighted by molar-refractivity contribution is 5.87. The topological polar surface area (TPSA) is 63.4 Å². The van der Waals surface area contributed by atoms with Gasteiger partial charge in [0.25, 0.3) is 0 Å². The lowest BCUT2D eigenvalue weighted by Gasteiger charge is -2.32. The van der Waals surface area contributed by atoms with Crippen LogP contribution in [-0.2, 0) is 9.59 Å². The van der Waals surface area contributed by atoms with Crippen molar-refractivity contribution in [1.82, 2.24) is 4.90 Å². The van der Waals surface area contributed by atoms with Gasteiger partial charge in [0.15, 0.2) is 0 Å². The van der Waals surface area contributed by atoms with Gasteiger partial charge in [-0.1, -0.05) is 0 Å². The molecule has 2 aliphatic rings. The molecule has 2 fully saturated rings. The Morgan fingerprint density at radius 2 is 2.08 bits per heavy atom. The molecule has 0 spiro atoms. The van der Waals surface area contributed by atoms with Crippen molar-refractivity contribution in [2.24, 2.45) is 11.7 Å². The first kappa shape index (κ1) is 8.53. The number of primary amides is 1. The van der Waals surface area contributed by atoms with E-state index in [0.717, 1.165) is 19.3 Å². The number of amides is 2. The van der Waals surface area contributed by atoms with E-state index in [0.29, 0.717) is 5.92 Å². The molecule has 0 aromatic carbocycles. The maximum Gasteiger partial charge on any atom is 0.240 e. The van der Waals surface area contributed by atoms with Crippen LogP contribution in [0.2, 0.25) is 0 Å². The second-order valence-electron chi connectivity index (χ2n) is 4.00. The summed E-state index contributed by atoms with van der Waals surface area (Å²) in [4.78, 5) is 24.1. The largest absolute Gasteiger partial charge is 0.368 e. The first-order chi connectivity index (χ1) is 6.11.